The highest BCUT2D eigenvalue weighted by molar-refractivity contribution is 6.36. The molecule has 0 heterocycles. The Morgan fingerprint density at radius 1 is 1.08 bits per heavy atom. The van der Waals surface area contributed by atoms with Gasteiger partial charge in [-0.15, -0.1) is 0 Å². The maximum absolute atomic E-state index is 11.9. The van der Waals surface area contributed by atoms with E-state index in [0.717, 1.165) is 0 Å². The summed E-state index contributed by atoms with van der Waals surface area (Å²) in [6.07, 6.45) is 0. The van der Waals surface area contributed by atoms with Crippen LogP contribution in [0.15, 0.2) is 42.5 Å². The molecule has 1 amide bonds. The largest absolute Gasteiger partial charge is 0.452 e. The monoisotopic (exact) mass is 365 g/mol. The van der Waals surface area contributed by atoms with Crippen molar-refractivity contribution in [2.24, 2.45) is 0 Å². The number of esters is 1. The summed E-state index contributed by atoms with van der Waals surface area (Å²) in [7, 11) is 0. The van der Waals surface area contributed by atoms with Crippen LogP contribution >= 0.6 is 23.2 Å². The number of amides is 1. The van der Waals surface area contributed by atoms with Crippen LogP contribution in [0.2, 0.25) is 10.0 Å². The molecule has 24 heavy (non-hydrogen) atoms. The molecule has 2 rings (SSSR count). The molecule has 2 aromatic rings. The number of hydrogen-bond acceptors (Lipinski definition) is 3. The first-order valence-corrected chi connectivity index (χ1v) is 8.14. The van der Waals surface area contributed by atoms with E-state index < -0.39 is 18.5 Å². The Bertz CT molecular complexity index is 742. The molecule has 0 aliphatic rings. The van der Waals surface area contributed by atoms with Crippen LogP contribution in [0.4, 0.5) is 5.69 Å². The Labute approximate surface area is 150 Å². The van der Waals surface area contributed by atoms with Gasteiger partial charge >= 0.3 is 5.97 Å². The Morgan fingerprint density at radius 3 is 2.33 bits per heavy atom. The van der Waals surface area contributed by atoms with E-state index >= 15 is 0 Å². The Morgan fingerprint density at radius 2 is 1.75 bits per heavy atom. The maximum Gasteiger partial charge on any atom is 0.340 e. The van der Waals surface area contributed by atoms with Crippen molar-refractivity contribution in [3.63, 3.8) is 0 Å². The molecule has 0 aliphatic carbocycles. The summed E-state index contributed by atoms with van der Waals surface area (Å²) < 4.78 is 4.97. The molecule has 0 unspecified atom stereocenters. The van der Waals surface area contributed by atoms with Gasteiger partial charge in [-0.2, -0.15) is 0 Å². The first-order valence-electron chi connectivity index (χ1n) is 7.39. The molecule has 2 aromatic carbocycles. The normalized spacial score (nSPS) is 10.5. The summed E-state index contributed by atoms with van der Waals surface area (Å²) >= 11 is 11.7. The fraction of sp³-hybridized carbons (Fsp3) is 0.222. The number of benzene rings is 2. The average Bonchev–Trinajstić information content (AvgIpc) is 2.53. The van der Waals surface area contributed by atoms with Gasteiger partial charge in [-0.25, -0.2) is 4.79 Å². The summed E-state index contributed by atoms with van der Waals surface area (Å²) in [5.74, 6) is -0.687. The van der Waals surface area contributed by atoms with Gasteiger partial charge in [-0.3, -0.25) is 4.79 Å². The molecule has 0 saturated heterocycles. The summed E-state index contributed by atoms with van der Waals surface area (Å²) in [4.78, 5) is 23.8. The van der Waals surface area contributed by atoms with Gasteiger partial charge in [0.25, 0.3) is 5.91 Å². The van der Waals surface area contributed by atoms with Crippen LogP contribution in [0.1, 0.15) is 35.7 Å². The van der Waals surface area contributed by atoms with Crippen LogP contribution in [0.3, 0.4) is 0 Å². The fourth-order valence-corrected chi connectivity index (χ4v) is 2.50. The van der Waals surface area contributed by atoms with Crippen LogP contribution in [-0.2, 0) is 9.53 Å². The first-order chi connectivity index (χ1) is 11.4. The van der Waals surface area contributed by atoms with Gasteiger partial charge in [0, 0.05) is 10.7 Å². The molecule has 0 fully saturated rings. The van der Waals surface area contributed by atoms with Crippen molar-refractivity contribution in [3.05, 3.63) is 63.6 Å². The lowest BCUT2D eigenvalue weighted by atomic mass is 10.0. The van der Waals surface area contributed by atoms with Crippen LogP contribution in [0, 0.1) is 0 Å². The second-order valence-corrected chi connectivity index (χ2v) is 6.37. The summed E-state index contributed by atoms with van der Waals surface area (Å²) in [5.41, 5.74) is 1.98. The lowest BCUT2D eigenvalue weighted by Gasteiger charge is -2.09. The number of carbonyl (C=O) groups excluding carboxylic acids is 2. The van der Waals surface area contributed by atoms with Crippen molar-refractivity contribution >= 4 is 40.8 Å². The Kier molecular flexibility index (Phi) is 6.23. The number of hydrogen-bond donors (Lipinski definition) is 1. The van der Waals surface area contributed by atoms with E-state index in [0.29, 0.717) is 16.6 Å². The second-order valence-electron chi connectivity index (χ2n) is 5.53. The van der Waals surface area contributed by atoms with Crippen molar-refractivity contribution in [2.75, 3.05) is 11.9 Å². The van der Waals surface area contributed by atoms with Crippen LogP contribution < -0.4 is 5.32 Å². The third-order valence-electron chi connectivity index (χ3n) is 3.35. The minimum atomic E-state index is -0.679. The lowest BCUT2D eigenvalue weighted by molar-refractivity contribution is -0.119. The van der Waals surface area contributed by atoms with E-state index in [1.54, 1.807) is 0 Å². The third-order valence-corrected chi connectivity index (χ3v) is 3.89. The summed E-state index contributed by atoms with van der Waals surface area (Å²) in [5, 5.41) is 3.26. The highest BCUT2D eigenvalue weighted by Gasteiger charge is 2.14. The molecular formula is C18H17Cl2NO3. The number of ether oxygens (including phenoxy) is 1. The molecule has 0 aliphatic heterocycles. The lowest BCUT2D eigenvalue weighted by Crippen LogP contribution is -2.21. The average molecular weight is 366 g/mol. The van der Waals surface area contributed by atoms with Gasteiger partial charge in [0.2, 0.25) is 0 Å². The van der Waals surface area contributed by atoms with E-state index in [9.17, 15) is 9.59 Å². The minimum Gasteiger partial charge on any atom is -0.452 e. The summed E-state index contributed by atoms with van der Waals surface area (Å²) in [6.45, 7) is 3.79. The molecule has 0 saturated carbocycles. The van der Waals surface area contributed by atoms with Crippen molar-refractivity contribution in [2.45, 2.75) is 19.8 Å². The quantitative estimate of drug-likeness (QED) is 0.765. The van der Waals surface area contributed by atoms with Crippen molar-refractivity contribution in [3.8, 4) is 0 Å². The smallest absolute Gasteiger partial charge is 0.340 e. The maximum atomic E-state index is 11.9. The fourth-order valence-electron chi connectivity index (χ4n) is 2.01. The molecule has 126 valence electrons. The predicted molar refractivity (Wildman–Crippen MR) is 95.9 cm³/mol. The molecule has 1 N–H and O–H groups in total. The molecule has 6 heteroatoms. The first kappa shape index (κ1) is 18.3. The number of rotatable bonds is 5. The molecule has 0 bridgehead atoms. The van der Waals surface area contributed by atoms with Crippen LogP contribution in [0.5, 0.6) is 0 Å². The number of carbonyl (C=O) groups is 2. The zero-order chi connectivity index (χ0) is 17.7. The number of halogens is 2. The van der Waals surface area contributed by atoms with E-state index in [-0.39, 0.29) is 10.6 Å². The molecule has 0 radical (unpaired) electrons. The highest BCUT2D eigenvalue weighted by atomic mass is 35.5. The molecular weight excluding hydrogens is 349 g/mol. The van der Waals surface area contributed by atoms with Gasteiger partial charge in [0.05, 0.1) is 10.6 Å². The van der Waals surface area contributed by atoms with Crippen LogP contribution in [0.25, 0.3) is 0 Å². The van der Waals surface area contributed by atoms with E-state index in [2.05, 4.69) is 19.2 Å². The summed E-state index contributed by atoms with van der Waals surface area (Å²) in [6, 6.07) is 11.9. The zero-order valence-corrected chi connectivity index (χ0v) is 14.8. The zero-order valence-electron chi connectivity index (χ0n) is 13.3. The Balaban J connectivity index is 1.89. The second kappa shape index (κ2) is 8.18. The molecule has 0 atom stereocenters. The SMILES string of the molecule is CC(C)c1ccc(NC(=O)COC(=O)c2ccc(Cl)cc2Cl)cc1. The van der Waals surface area contributed by atoms with E-state index in [1.807, 2.05) is 24.3 Å². The topological polar surface area (TPSA) is 55.4 Å². The van der Waals surface area contributed by atoms with Gasteiger partial charge in [0.1, 0.15) is 0 Å². The van der Waals surface area contributed by atoms with Gasteiger partial charge in [-0.1, -0.05) is 49.2 Å². The van der Waals surface area contributed by atoms with E-state index in [1.165, 1.54) is 23.8 Å². The van der Waals surface area contributed by atoms with Crippen LogP contribution in [-0.4, -0.2) is 18.5 Å². The van der Waals surface area contributed by atoms with Gasteiger partial charge in [-0.05, 0) is 41.8 Å². The van der Waals surface area contributed by atoms with E-state index in [4.69, 9.17) is 27.9 Å². The highest BCUT2D eigenvalue weighted by Crippen LogP contribution is 2.21. The number of nitrogens with one attached hydrogen (secondary N) is 1. The Hall–Kier alpha value is -2.04. The van der Waals surface area contributed by atoms with Gasteiger partial charge < -0.3 is 10.1 Å². The van der Waals surface area contributed by atoms with Crippen molar-refractivity contribution in [1.29, 1.82) is 0 Å². The molecule has 4 nitrogen and oxygen atoms in total. The molecule has 0 spiro atoms. The minimum absolute atomic E-state index is 0.162. The predicted octanol–water partition coefficient (Wildman–Crippen LogP) is 4.91. The standard InChI is InChI=1S/C18H17Cl2NO3/c1-11(2)12-3-6-14(7-4-12)21-17(22)10-24-18(23)15-8-5-13(19)9-16(15)20/h3-9,11H,10H2,1-2H3,(H,21,22). The number of anilines is 1. The molecule has 0 aromatic heterocycles. The van der Waals surface area contributed by atoms with Crippen molar-refractivity contribution in [1.82, 2.24) is 0 Å². The van der Waals surface area contributed by atoms with Gasteiger partial charge in [0.15, 0.2) is 6.61 Å². The van der Waals surface area contributed by atoms with Crippen molar-refractivity contribution < 1.29 is 14.3 Å². The third kappa shape index (κ3) is 4.98.